The first-order chi connectivity index (χ1) is 7.83. The van der Waals surface area contributed by atoms with Gasteiger partial charge in [0.25, 0.3) is 5.91 Å². The van der Waals surface area contributed by atoms with E-state index in [1.807, 2.05) is 4.90 Å². The molecule has 1 aliphatic rings. The first-order valence-electron chi connectivity index (χ1n) is 5.53. The number of ether oxygens (including phenoxy) is 1. The molecule has 0 bridgehead atoms. The second kappa shape index (κ2) is 5.07. The lowest BCUT2D eigenvalue weighted by molar-refractivity contribution is 0.0630. The van der Waals surface area contributed by atoms with Crippen LogP contribution in [0.4, 0.5) is 0 Å². The molecule has 1 aromatic heterocycles. The summed E-state index contributed by atoms with van der Waals surface area (Å²) in [4.78, 5) is 18.0. The normalized spacial score (nSPS) is 20.1. The molecular formula is C12H16N2O2. The number of carbonyl (C=O) groups is 1. The van der Waals surface area contributed by atoms with E-state index in [2.05, 4.69) is 4.98 Å². The first kappa shape index (κ1) is 11.1. The fourth-order valence-electron chi connectivity index (χ4n) is 2.12. The van der Waals surface area contributed by atoms with E-state index in [-0.39, 0.29) is 11.9 Å². The highest BCUT2D eigenvalue weighted by atomic mass is 16.5. The van der Waals surface area contributed by atoms with Gasteiger partial charge in [0, 0.05) is 26.0 Å². The molecule has 0 radical (unpaired) electrons. The molecule has 0 aromatic carbocycles. The zero-order valence-electron chi connectivity index (χ0n) is 9.43. The summed E-state index contributed by atoms with van der Waals surface area (Å²) >= 11 is 0. The summed E-state index contributed by atoms with van der Waals surface area (Å²) in [5.74, 6) is 0.0626. The Morgan fingerprint density at radius 2 is 2.56 bits per heavy atom. The van der Waals surface area contributed by atoms with E-state index in [0.29, 0.717) is 12.2 Å². The summed E-state index contributed by atoms with van der Waals surface area (Å²) in [5.41, 5.74) is 0.658. The summed E-state index contributed by atoms with van der Waals surface area (Å²) in [6.45, 7) is 1.44. The Bertz CT molecular complexity index is 353. The zero-order chi connectivity index (χ0) is 11.4. The van der Waals surface area contributed by atoms with Gasteiger partial charge in [0.15, 0.2) is 0 Å². The second-order valence-corrected chi connectivity index (χ2v) is 3.99. The van der Waals surface area contributed by atoms with Crippen LogP contribution in [0.15, 0.2) is 24.5 Å². The molecule has 4 heteroatoms. The van der Waals surface area contributed by atoms with Crippen LogP contribution in [0.5, 0.6) is 0 Å². The number of rotatable bonds is 3. The fraction of sp³-hybridized carbons (Fsp3) is 0.500. The summed E-state index contributed by atoms with van der Waals surface area (Å²) in [6.07, 6.45) is 5.37. The Kier molecular flexibility index (Phi) is 3.51. The van der Waals surface area contributed by atoms with Gasteiger partial charge in [0.1, 0.15) is 0 Å². The lowest BCUT2D eigenvalue weighted by atomic mass is 10.2. The monoisotopic (exact) mass is 220 g/mol. The minimum atomic E-state index is 0.0626. The van der Waals surface area contributed by atoms with Crippen LogP contribution in [0.25, 0.3) is 0 Å². The topological polar surface area (TPSA) is 42.4 Å². The second-order valence-electron chi connectivity index (χ2n) is 3.99. The van der Waals surface area contributed by atoms with E-state index >= 15 is 0 Å². The van der Waals surface area contributed by atoms with Crippen LogP contribution in [0.2, 0.25) is 0 Å². The van der Waals surface area contributed by atoms with Crippen molar-refractivity contribution in [3.05, 3.63) is 30.1 Å². The van der Waals surface area contributed by atoms with Crippen molar-refractivity contribution in [1.82, 2.24) is 9.88 Å². The predicted molar refractivity (Wildman–Crippen MR) is 60.2 cm³/mol. The lowest BCUT2D eigenvalue weighted by Crippen LogP contribution is -2.38. The molecule has 1 aliphatic heterocycles. The highest BCUT2D eigenvalue weighted by molar-refractivity contribution is 5.94. The standard InChI is InChI=1S/C12H16N2O2/c1-16-9-11-5-3-7-14(11)12(15)10-4-2-6-13-8-10/h2,4,6,8,11H,3,5,7,9H2,1H3/t11-/m0/s1. The van der Waals surface area contributed by atoms with Gasteiger partial charge in [-0.25, -0.2) is 0 Å². The molecule has 1 fully saturated rings. The number of amides is 1. The number of methoxy groups -OCH3 is 1. The van der Waals surface area contributed by atoms with Gasteiger partial charge in [-0.1, -0.05) is 0 Å². The van der Waals surface area contributed by atoms with Crippen LogP contribution >= 0.6 is 0 Å². The van der Waals surface area contributed by atoms with E-state index < -0.39 is 0 Å². The third-order valence-corrected chi connectivity index (χ3v) is 2.91. The van der Waals surface area contributed by atoms with Crippen molar-refractivity contribution in [1.29, 1.82) is 0 Å². The molecule has 1 saturated heterocycles. The van der Waals surface area contributed by atoms with Crippen LogP contribution in [0.1, 0.15) is 23.2 Å². The maximum absolute atomic E-state index is 12.2. The van der Waals surface area contributed by atoms with Gasteiger partial charge >= 0.3 is 0 Å². The smallest absolute Gasteiger partial charge is 0.255 e. The number of pyridine rings is 1. The summed E-state index contributed by atoms with van der Waals surface area (Å²) in [5, 5.41) is 0. The van der Waals surface area contributed by atoms with Crippen LogP contribution in [0, 0.1) is 0 Å². The van der Waals surface area contributed by atoms with E-state index in [1.54, 1.807) is 31.6 Å². The zero-order valence-corrected chi connectivity index (χ0v) is 9.43. The first-order valence-corrected chi connectivity index (χ1v) is 5.53. The number of likely N-dealkylation sites (tertiary alicyclic amines) is 1. The van der Waals surface area contributed by atoms with Crippen molar-refractivity contribution in [3.8, 4) is 0 Å². The molecule has 0 N–H and O–H groups in total. The molecular weight excluding hydrogens is 204 g/mol. The Balaban J connectivity index is 2.09. The maximum Gasteiger partial charge on any atom is 0.255 e. The van der Waals surface area contributed by atoms with Crippen molar-refractivity contribution in [3.63, 3.8) is 0 Å². The number of hydrogen-bond donors (Lipinski definition) is 0. The molecule has 1 atom stereocenters. The Morgan fingerprint density at radius 1 is 1.69 bits per heavy atom. The highest BCUT2D eigenvalue weighted by Crippen LogP contribution is 2.19. The molecule has 1 amide bonds. The van der Waals surface area contributed by atoms with Crippen molar-refractivity contribution in [2.75, 3.05) is 20.3 Å². The summed E-state index contributed by atoms with van der Waals surface area (Å²) in [6, 6.07) is 3.81. The van der Waals surface area contributed by atoms with Gasteiger partial charge in [0.2, 0.25) is 0 Å². The van der Waals surface area contributed by atoms with Crippen molar-refractivity contribution in [2.45, 2.75) is 18.9 Å². The van der Waals surface area contributed by atoms with Gasteiger partial charge in [-0.15, -0.1) is 0 Å². The van der Waals surface area contributed by atoms with Crippen molar-refractivity contribution < 1.29 is 9.53 Å². The molecule has 0 aliphatic carbocycles. The van der Waals surface area contributed by atoms with Crippen LogP contribution in [-0.4, -0.2) is 42.1 Å². The van der Waals surface area contributed by atoms with Gasteiger partial charge in [-0.3, -0.25) is 9.78 Å². The summed E-state index contributed by atoms with van der Waals surface area (Å²) in [7, 11) is 1.67. The van der Waals surface area contributed by atoms with Crippen LogP contribution in [0.3, 0.4) is 0 Å². The molecule has 0 unspecified atom stereocenters. The molecule has 2 rings (SSSR count). The van der Waals surface area contributed by atoms with Gasteiger partial charge in [-0.2, -0.15) is 0 Å². The minimum absolute atomic E-state index is 0.0626. The van der Waals surface area contributed by atoms with E-state index in [9.17, 15) is 4.79 Å². The van der Waals surface area contributed by atoms with Crippen molar-refractivity contribution in [2.24, 2.45) is 0 Å². The summed E-state index contributed by atoms with van der Waals surface area (Å²) < 4.78 is 5.13. The Labute approximate surface area is 95.2 Å². The Hall–Kier alpha value is -1.42. The van der Waals surface area contributed by atoms with E-state index in [1.165, 1.54) is 0 Å². The van der Waals surface area contributed by atoms with E-state index in [4.69, 9.17) is 4.74 Å². The number of nitrogens with zero attached hydrogens (tertiary/aromatic N) is 2. The average molecular weight is 220 g/mol. The predicted octanol–water partition coefficient (Wildman–Crippen LogP) is 1.33. The third-order valence-electron chi connectivity index (χ3n) is 2.91. The Morgan fingerprint density at radius 3 is 3.25 bits per heavy atom. The lowest BCUT2D eigenvalue weighted by Gasteiger charge is -2.23. The molecule has 86 valence electrons. The fourth-order valence-corrected chi connectivity index (χ4v) is 2.12. The highest BCUT2D eigenvalue weighted by Gasteiger charge is 2.29. The molecule has 0 saturated carbocycles. The van der Waals surface area contributed by atoms with Crippen LogP contribution < -0.4 is 0 Å². The molecule has 4 nitrogen and oxygen atoms in total. The molecule has 2 heterocycles. The number of carbonyl (C=O) groups excluding carboxylic acids is 1. The van der Waals surface area contributed by atoms with Gasteiger partial charge < -0.3 is 9.64 Å². The van der Waals surface area contributed by atoms with Gasteiger partial charge in [-0.05, 0) is 25.0 Å². The number of hydrogen-bond acceptors (Lipinski definition) is 3. The molecule has 0 spiro atoms. The SMILES string of the molecule is COC[C@@H]1CCCN1C(=O)c1cccnc1. The largest absolute Gasteiger partial charge is 0.383 e. The number of aromatic nitrogens is 1. The quantitative estimate of drug-likeness (QED) is 0.771. The van der Waals surface area contributed by atoms with Crippen molar-refractivity contribution >= 4 is 5.91 Å². The maximum atomic E-state index is 12.2. The van der Waals surface area contributed by atoms with Gasteiger partial charge in [0.05, 0.1) is 18.2 Å². The third kappa shape index (κ3) is 2.22. The minimum Gasteiger partial charge on any atom is -0.383 e. The van der Waals surface area contributed by atoms with E-state index in [0.717, 1.165) is 19.4 Å². The van der Waals surface area contributed by atoms with Crippen LogP contribution in [-0.2, 0) is 4.74 Å². The molecule has 1 aromatic rings. The average Bonchev–Trinajstić information content (AvgIpc) is 2.78. The molecule has 16 heavy (non-hydrogen) atoms.